The molecule has 7 heteroatoms. The highest BCUT2D eigenvalue weighted by Gasteiger charge is 2.39. The number of aromatic nitrogens is 2. The van der Waals surface area contributed by atoms with Crippen molar-refractivity contribution in [2.75, 3.05) is 0 Å². The van der Waals surface area contributed by atoms with Crippen LogP contribution in [0.3, 0.4) is 0 Å². The third kappa shape index (κ3) is 1.94. The number of hydrogen-bond donors (Lipinski definition) is 1. The van der Waals surface area contributed by atoms with Crippen LogP contribution in [0.2, 0.25) is 0 Å². The SMILES string of the molecule is O=Cc1c(C(F)(F)F)nn(-c2ccccc2)c1O. The van der Waals surface area contributed by atoms with Crippen LogP contribution in [0, 0.1) is 0 Å². The van der Waals surface area contributed by atoms with Crippen LogP contribution in [-0.4, -0.2) is 21.2 Å². The first kappa shape index (κ1) is 12.2. The molecule has 1 N–H and O–H groups in total. The van der Waals surface area contributed by atoms with Crippen molar-refractivity contribution in [2.45, 2.75) is 6.18 Å². The number of carbonyl (C=O) groups is 1. The fourth-order valence-electron chi connectivity index (χ4n) is 1.49. The lowest BCUT2D eigenvalue weighted by Crippen LogP contribution is -2.09. The van der Waals surface area contributed by atoms with Gasteiger partial charge in [0, 0.05) is 0 Å². The van der Waals surface area contributed by atoms with E-state index in [4.69, 9.17) is 0 Å². The van der Waals surface area contributed by atoms with E-state index in [1.54, 1.807) is 18.2 Å². The highest BCUT2D eigenvalue weighted by atomic mass is 19.4. The van der Waals surface area contributed by atoms with Gasteiger partial charge in [-0.3, -0.25) is 4.79 Å². The van der Waals surface area contributed by atoms with Gasteiger partial charge in [0.05, 0.1) is 5.69 Å². The molecule has 0 aliphatic carbocycles. The topological polar surface area (TPSA) is 55.1 Å². The van der Waals surface area contributed by atoms with Gasteiger partial charge in [0.25, 0.3) is 0 Å². The largest absolute Gasteiger partial charge is 0.493 e. The van der Waals surface area contributed by atoms with E-state index in [2.05, 4.69) is 5.10 Å². The predicted octanol–water partition coefficient (Wildman–Crippen LogP) is 2.41. The van der Waals surface area contributed by atoms with Crippen molar-refractivity contribution < 1.29 is 23.1 Å². The number of benzene rings is 1. The zero-order valence-corrected chi connectivity index (χ0v) is 8.85. The maximum atomic E-state index is 12.6. The van der Waals surface area contributed by atoms with E-state index in [0.717, 1.165) is 0 Å². The Bertz CT molecular complexity index is 576. The van der Waals surface area contributed by atoms with Crippen molar-refractivity contribution in [2.24, 2.45) is 0 Å². The van der Waals surface area contributed by atoms with Crippen molar-refractivity contribution >= 4 is 6.29 Å². The van der Waals surface area contributed by atoms with Gasteiger partial charge in [-0.1, -0.05) is 18.2 Å². The molecule has 94 valence electrons. The second-order valence-corrected chi connectivity index (χ2v) is 3.45. The molecule has 0 radical (unpaired) electrons. The van der Waals surface area contributed by atoms with Crippen LogP contribution >= 0.6 is 0 Å². The Kier molecular flexibility index (Phi) is 2.82. The summed E-state index contributed by atoms with van der Waals surface area (Å²) < 4.78 is 38.5. The summed E-state index contributed by atoms with van der Waals surface area (Å²) in [7, 11) is 0. The van der Waals surface area contributed by atoms with Crippen LogP contribution in [0.5, 0.6) is 5.88 Å². The predicted molar refractivity (Wildman–Crippen MR) is 55.6 cm³/mol. The highest BCUT2D eigenvalue weighted by molar-refractivity contribution is 5.80. The standard InChI is InChI=1S/C11H7F3N2O2/c12-11(13,14)9-8(6-17)10(18)16(15-9)7-4-2-1-3-5-7/h1-6,18H. The molecule has 18 heavy (non-hydrogen) atoms. The highest BCUT2D eigenvalue weighted by Crippen LogP contribution is 2.35. The summed E-state index contributed by atoms with van der Waals surface area (Å²) in [6.07, 6.45) is -4.86. The molecule has 0 aliphatic heterocycles. The molecule has 0 fully saturated rings. The van der Waals surface area contributed by atoms with Gasteiger partial charge in [-0.2, -0.15) is 23.0 Å². The summed E-state index contributed by atoms with van der Waals surface area (Å²) in [5.41, 5.74) is -2.04. The Hall–Kier alpha value is -2.31. The summed E-state index contributed by atoms with van der Waals surface area (Å²) in [5.74, 6) is -0.830. The average Bonchev–Trinajstić information content (AvgIpc) is 2.67. The Balaban J connectivity index is 2.65. The summed E-state index contributed by atoms with van der Waals surface area (Å²) >= 11 is 0. The van der Waals surface area contributed by atoms with E-state index >= 15 is 0 Å². The van der Waals surface area contributed by atoms with E-state index in [0.29, 0.717) is 4.68 Å². The van der Waals surface area contributed by atoms with Gasteiger partial charge in [-0.05, 0) is 12.1 Å². The lowest BCUT2D eigenvalue weighted by molar-refractivity contribution is -0.141. The number of para-hydroxylation sites is 1. The quantitative estimate of drug-likeness (QED) is 0.839. The van der Waals surface area contributed by atoms with Crippen molar-refractivity contribution in [3.63, 3.8) is 0 Å². The van der Waals surface area contributed by atoms with E-state index in [1.165, 1.54) is 12.1 Å². The maximum absolute atomic E-state index is 12.6. The summed E-state index contributed by atoms with van der Waals surface area (Å²) in [6, 6.07) is 7.73. The number of rotatable bonds is 2. The minimum absolute atomic E-state index is 0.0649. The van der Waals surface area contributed by atoms with Gasteiger partial charge in [0.2, 0.25) is 5.88 Å². The first-order valence-electron chi connectivity index (χ1n) is 4.85. The van der Waals surface area contributed by atoms with E-state index in [-0.39, 0.29) is 12.0 Å². The van der Waals surface area contributed by atoms with Gasteiger partial charge in [-0.15, -0.1) is 0 Å². The smallest absolute Gasteiger partial charge is 0.436 e. The Labute approximate surface area is 99.3 Å². The minimum Gasteiger partial charge on any atom is -0.493 e. The van der Waals surface area contributed by atoms with Crippen molar-refractivity contribution in [3.8, 4) is 11.6 Å². The zero-order chi connectivity index (χ0) is 13.3. The van der Waals surface area contributed by atoms with Crippen LogP contribution in [-0.2, 0) is 6.18 Å². The van der Waals surface area contributed by atoms with Crippen LogP contribution in [0.1, 0.15) is 16.1 Å². The lowest BCUT2D eigenvalue weighted by atomic mass is 10.2. The van der Waals surface area contributed by atoms with Gasteiger partial charge < -0.3 is 5.11 Å². The number of carbonyl (C=O) groups excluding carboxylic acids is 1. The Morgan fingerprint density at radius 3 is 2.28 bits per heavy atom. The van der Waals surface area contributed by atoms with Crippen LogP contribution in [0.15, 0.2) is 30.3 Å². The van der Waals surface area contributed by atoms with E-state index in [1.807, 2.05) is 0 Å². The number of alkyl halides is 3. The molecule has 4 nitrogen and oxygen atoms in total. The molecular formula is C11H7F3N2O2. The minimum atomic E-state index is -4.80. The molecular weight excluding hydrogens is 249 g/mol. The molecule has 2 aromatic rings. The number of aldehydes is 1. The molecule has 0 spiro atoms. The molecule has 2 rings (SSSR count). The molecule has 1 aromatic heterocycles. The number of hydrogen-bond acceptors (Lipinski definition) is 3. The van der Waals surface area contributed by atoms with Gasteiger partial charge in [0.15, 0.2) is 12.0 Å². The Morgan fingerprint density at radius 1 is 1.22 bits per heavy atom. The monoisotopic (exact) mass is 256 g/mol. The molecule has 0 saturated heterocycles. The molecule has 0 aliphatic rings. The first-order valence-corrected chi connectivity index (χ1v) is 4.85. The van der Waals surface area contributed by atoms with E-state index in [9.17, 15) is 23.1 Å². The number of aromatic hydroxyl groups is 1. The maximum Gasteiger partial charge on any atom is 0.436 e. The summed E-state index contributed by atoms with van der Waals surface area (Å²) in [5, 5.41) is 12.8. The zero-order valence-electron chi connectivity index (χ0n) is 8.85. The second kappa shape index (κ2) is 4.17. The normalized spacial score (nSPS) is 11.5. The van der Waals surface area contributed by atoms with Crippen LogP contribution in [0.25, 0.3) is 5.69 Å². The second-order valence-electron chi connectivity index (χ2n) is 3.45. The molecule has 1 heterocycles. The fourth-order valence-corrected chi connectivity index (χ4v) is 1.49. The van der Waals surface area contributed by atoms with Crippen molar-refractivity contribution in [3.05, 3.63) is 41.6 Å². The molecule has 0 saturated carbocycles. The van der Waals surface area contributed by atoms with E-state index < -0.39 is 23.3 Å². The van der Waals surface area contributed by atoms with Crippen molar-refractivity contribution in [1.82, 2.24) is 9.78 Å². The third-order valence-corrected chi connectivity index (χ3v) is 2.28. The Morgan fingerprint density at radius 2 is 1.83 bits per heavy atom. The summed E-state index contributed by atoms with van der Waals surface area (Å²) in [6.45, 7) is 0. The number of nitrogens with zero attached hydrogens (tertiary/aromatic N) is 2. The molecule has 0 unspecified atom stereocenters. The van der Waals surface area contributed by atoms with Crippen LogP contribution < -0.4 is 0 Å². The lowest BCUT2D eigenvalue weighted by Gasteiger charge is -2.02. The summed E-state index contributed by atoms with van der Waals surface area (Å²) in [4.78, 5) is 10.6. The first-order chi connectivity index (χ1) is 8.45. The van der Waals surface area contributed by atoms with Gasteiger partial charge in [-0.25, -0.2) is 0 Å². The van der Waals surface area contributed by atoms with Gasteiger partial charge in [0.1, 0.15) is 5.56 Å². The van der Waals surface area contributed by atoms with Crippen molar-refractivity contribution in [1.29, 1.82) is 0 Å². The average molecular weight is 256 g/mol. The molecule has 1 aromatic carbocycles. The molecule has 0 atom stereocenters. The van der Waals surface area contributed by atoms with Crippen LogP contribution in [0.4, 0.5) is 13.2 Å². The third-order valence-electron chi connectivity index (χ3n) is 2.28. The molecule has 0 bridgehead atoms. The fraction of sp³-hybridized carbons (Fsp3) is 0.0909. The van der Waals surface area contributed by atoms with Gasteiger partial charge >= 0.3 is 6.18 Å². The molecule has 0 amide bonds. The number of halogens is 3.